The number of carboxylic acids is 1. The lowest BCUT2D eigenvalue weighted by atomic mass is 9.90. The van der Waals surface area contributed by atoms with E-state index in [9.17, 15) is 9.59 Å². The van der Waals surface area contributed by atoms with Crippen LogP contribution >= 0.6 is 11.6 Å². The molecular formula is C38H55ClN2O4. The Bertz CT molecular complexity index is 1330. The van der Waals surface area contributed by atoms with E-state index < -0.39 is 5.97 Å². The van der Waals surface area contributed by atoms with Crippen LogP contribution in [0.2, 0.25) is 5.02 Å². The predicted octanol–water partition coefficient (Wildman–Crippen LogP) is 9.86. The van der Waals surface area contributed by atoms with Gasteiger partial charge in [0.15, 0.2) is 0 Å². The van der Waals surface area contributed by atoms with Crippen molar-refractivity contribution in [2.24, 2.45) is 5.92 Å². The second-order valence-corrected chi connectivity index (χ2v) is 12.3. The van der Waals surface area contributed by atoms with Crippen LogP contribution in [0.5, 0.6) is 5.75 Å². The van der Waals surface area contributed by atoms with Crippen molar-refractivity contribution in [1.29, 1.82) is 0 Å². The summed E-state index contributed by atoms with van der Waals surface area (Å²) < 4.78 is 8.02. The zero-order chi connectivity index (χ0) is 33.4. The maximum atomic E-state index is 11.3. The van der Waals surface area contributed by atoms with Crippen LogP contribution in [0.3, 0.4) is 0 Å². The first kappa shape index (κ1) is 37.9. The number of amides is 1. The minimum absolute atomic E-state index is 0.162. The van der Waals surface area contributed by atoms with Crippen LogP contribution in [0.15, 0.2) is 54.7 Å². The third-order valence-electron chi connectivity index (χ3n) is 8.48. The number of nitrogens with zero attached hydrogens (tertiary/aromatic N) is 2. The normalized spacial score (nSPS) is 13.6. The number of aromatic nitrogens is 1. The molecule has 0 radical (unpaired) electrons. The highest BCUT2D eigenvalue weighted by atomic mass is 35.5. The fraction of sp³-hybridized carbons (Fsp3) is 0.526. The number of rotatable bonds is 11. The number of unbranched alkanes of at least 4 members (excludes halogenated alkanes) is 2. The SMILES string of the molecule is CCC(=O)N1CCC(CC(=O)O)CC1.CCCC.CCCCc1cccn1-c1ccc(Cl)cc1C(C)c1cccc(C)c1OC. The van der Waals surface area contributed by atoms with Crippen LogP contribution < -0.4 is 4.74 Å². The van der Waals surface area contributed by atoms with Crippen molar-refractivity contribution < 1.29 is 19.4 Å². The summed E-state index contributed by atoms with van der Waals surface area (Å²) in [5, 5.41) is 9.37. The Kier molecular flexibility index (Phi) is 16.9. The van der Waals surface area contributed by atoms with Crippen molar-refractivity contribution in [3.63, 3.8) is 0 Å². The van der Waals surface area contributed by atoms with Gasteiger partial charge in [-0.15, -0.1) is 0 Å². The van der Waals surface area contributed by atoms with E-state index in [0.717, 1.165) is 48.7 Å². The zero-order valence-corrected chi connectivity index (χ0v) is 29.3. The van der Waals surface area contributed by atoms with E-state index >= 15 is 0 Å². The molecular weight excluding hydrogens is 584 g/mol. The Labute approximate surface area is 276 Å². The van der Waals surface area contributed by atoms with Crippen molar-refractivity contribution in [2.45, 2.75) is 105 Å². The molecule has 1 atom stereocenters. The number of methoxy groups -OCH3 is 1. The Balaban J connectivity index is 0.000000328. The minimum atomic E-state index is -0.731. The number of aliphatic carboxylic acids is 1. The van der Waals surface area contributed by atoms with Gasteiger partial charge >= 0.3 is 5.97 Å². The Morgan fingerprint density at radius 1 is 0.978 bits per heavy atom. The molecule has 1 fully saturated rings. The monoisotopic (exact) mass is 638 g/mol. The molecule has 2 heterocycles. The molecule has 4 rings (SSSR count). The number of carboxylic acid groups (broad SMARTS) is 1. The number of likely N-dealkylation sites (tertiary alicyclic amines) is 1. The van der Waals surface area contributed by atoms with E-state index in [0.29, 0.717) is 6.42 Å². The van der Waals surface area contributed by atoms with Crippen LogP contribution in [0.25, 0.3) is 5.69 Å². The average molecular weight is 639 g/mol. The van der Waals surface area contributed by atoms with E-state index in [1.54, 1.807) is 7.11 Å². The molecule has 2 aromatic carbocycles. The van der Waals surface area contributed by atoms with E-state index in [2.05, 4.69) is 87.8 Å². The molecule has 1 aliphatic rings. The van der Waals surface area contributed by atoms with Crippen molar-refractivity contribution in [3.05, 3.63) is 82.1 Å². The van der Waals surface area contributed by atoms with Gasteiger partial charge in [-0.25, -0.2) is 0 Å². The quantitative estimate of drug-likeness (QED) is 0.227. The van der Waals surface area contributed by atoms with Gasteiger partial charge in [0.25, 0.3) is 0 Å². The molecule has 7 heteroatoms. The lowest BCUT2D eigenvalue weighted by molar-refractivity contribution is -0.138. The number of ether oxygens (including phenoxy) is 1. The van der Waals surface area contributed by atoms with Crippen LogP contribution in [0.1, 0.15) is 114 Å². The number of aryl methyl sites for hydroxylation is 2. The smallest absolute Gasteiger partial charge is 0.303 e. The summed E-state index contributed by atoms with van der Waals surface area (Å²) in [6.45, 7) is 14.2. The first-order chi connectivity index (χ1) is 21.6. The van der Waals surface area contributed by atoms with Crippen LogP contribution in [0.4, 0.5) is 0 Å². The molecule has 1 aliphatic heterocycles. The Morgan fingerprint density at radius 3 is 2.24 bits per heavy atom. The van der Waals surface area contributed by atoms with Gasteiger partial charge in [0.05, 0.1) is 7.11 Å². The number of halogens is 1. The van der Waals surface area contributed by atoms with Gasteiger partial charge < -0.3 is 19.3 Å². The summed E-state index contributed by atoms with van der Waals surface area (Å²) in [6, 6.07) is 16.9. The molecule has 0 bridgehead atoms. The highest BCUT2D eigenvalue weighted by Crippen LogP contribution is 2.37. The van der Waals surface area contributed by atoms with Crippen molar-refractivity contribution >= 4 is 23.5 Å². The summed E-state index contributed by atoms with van der Waals surface area (Å²) in [4.78, 5) is 23.6. The second kappa shape index (κ2) is 20.0. The average Bonchev–Trinajstić information content (AvgIpc) is 3.51. The van der Waals surface area contributed by atoms with Gasteiger partial charge in [-0.05, 0) is 80.0 Å². The molecule has 1 N–H and O–H groups in total. The number of para-hydroxylation sites is 1. The van der Waals surface area contributed by atoms with Crippen molar-refractivity contribution in [1.82, 2.24) is 9.47 Å². The fourth-order valence-electron chi connectivity index (χ4n) is 5.62. The molecule has 1 saturated heterocycles. The van der Waals surface area contributed by atoms with Crippen molar-refractivity contribution in [2.75, 3.05) is 20.2 Å². The summed E-state index contributed by atoms with van der Waals surface area (Å²) in [5.74, 6) is 0.821. The molecule has 6 nitrogen and oxygen atoms in total. The lowest BCUT2D eigenvalue weighted by Gasteiger charge is -2.31. The van der Waals surface area contributed by atoms with Crippen LogP contribution in [-0.4, -0.2) is 46.6 Å². The molecule has 0 spiro atoms. The molecule has 248 valence electrons. The predicted molar refractivity (Wildman–Crippen MR) is 187 cm³/mol. The number of carbonyl (C=O) groups excluding carboxylic acids is 1. The first-order valence-electron chi connectivity index (χ1n) is 16.7. The largest absolute Gasteiger partial charge is 0.496 e. The van der Waals surface area contributed by atoms with Gasteiger partial charge in [-0.2, -0.15) is 0 Å². The summed E-state index contributed by atoms with van der Waals surface area (Å²) in [6.07, 6.45) is 10.7. The molecule has 1 unspecified atom stereocenters. The number of benzene rings is 2. The molecule has 1 aromatic heterocycles. The number of hydrogen-bond donors (Lipinski definition) is 1. The van der Waals surface area contributed by atoms with Gasteiger partial charge in [-0.1, -0.05) is 83.7 Å². The first-order valence-corrected chi connectivity index (χ1v) is 17.1. The zero-order valence-electron chi connectivity index (χ0n) is 28.6. The van der Waals surface area contributed by atoms with E-state index in [4.69, 9.17) is 21.4 Å². The Hall–Kier alpha value is -3.25. The molecule has 0 aliphatic carbocycles. The molecule has 3 aromatic rings. The Morgan fingerprint density at radius 2 is 1.67 bits per heavy atom. The third kappa shape index (κ3) is 11.6. The van der Waals surface area contributed by atoms with Crippen LogP contribution in [-0.2, 0) is 16.0 Å². The third-order valence-corrected chi connectivity index (χ3v) is 8.72. The van der Waals surface area contributed by atoms with Gasteiger partial charge in [0, 0.05) is 60.0 Å². The second-order valence-electron chi connectivity index (χ2n) is 11.9. The standard InChI is InChI=1S/C24H28ClNO.C10H17NO3.C4H10/c1-5-6-10-20-11-8-15-26(20)23-14-13-19(25)16-22(23)18(3)21-12-7-9-17(2)24(21)27-4;1-2-9(12)11-5-3-8(4-6-11)7-10(13)14;1-3-4-2/h7-9,11-16,18H,5-6,10H2,1-4H3;8H,2-7H2,1H3,(H,13,14);3-4H2,1-2H3. The minimum Gasteiger partial charge on any atom is -0.496 e. The molecule has 1 amide bonds. The van der Waals surface area contributed by atoms with E-state index in [1.165, 1.54) is 48.2 Å². The lowest BCUT2D eigenvalue weighted by Crippen LogP contribution is -2.38. The number of hydrogen-bond acceptors (Lipinski definition) is 3. The van der Waals surface area contributed by atoms with Gasteiger partial charge in [0.1, 0.15) is 5.75 Å². The number of carbonyl (C=O) groups is 2. The highest BCUT2D eigenvalue weighted by Gasteiger charge is 2.23. The van der Waals surface area contributed by atoms with Crippen LogP contribution in [0, 0.1) is 12.8 Å². The maximum absolute atomic E-state index is 11.3. The molecule has 0 saturated carbocycles. The summed E-state index contributed by atoms with van der Waals surface area (Å²) >= 11 is 6.40. The summed E-state index contributed by atoms with van der Waals surface area (Å²) in [5.41, 5.74) is 6.06. The number of piperidine rings is 1. The van der Waals surface area contributed by atoms with E-state index in [-0.39, 0.29) is 24.2 Å². The van der Waals surface area contributed by atoms with E-state index in [1.807, 2.05) is 17.9 Å². The van der Waals surface area contributed by atoms with Crippen molar-refractivity contribution in [3.8, 4) is 11.4 Å². The van der Waals surface area contributed by atoms with Gasteiger partial charge in [-0.3, -0.25) is 9.59 Å². The maximum Gasteiger partial charge on any atom is 0.303 e. The summed E-state index contributed by atoms with van der Waals surface area (Å²) in [7, 11) is 1.74. The molecule has 45 heavy (non-hydrogen) atoms. The highest BCUT2D eigenvalue weighted by molar-refractivity contribution is 6.30. The fourth-order valence-corrected chi connectivity index (χ4v) is 5.80. The van der Waals surface area contributed by atoms with Gasteiger partial charge in [0.2, 0.25) is 5.91 Å². The topological polar surface area (TPSA) is 71.8 Å².